The number of fused-ring (bicyclic) bond motifs is 1. The van der Waals surface area contributed by atoms with Crippen molar-refractivity contribution in [3.05, 3.63) is 23.8 Å². The van der Waals surface area contributed by atoms with Crippen LogP contribution in [0.4, 0.5) is 0 Å². The van der Waals surface area contributed by atoms with E-state index >= 15 is 0 Å². The first kappa shape index (κ1) is 16.1. The number of nitrogens with two attached hydrogens (primary N) is 1. The Balaban J connectivity index is 1.48. The lowest BCUT2D eigenvalue weighted by atomic mass is 9.80. The highest BCUT2D eigenvalue weighted by Crippen LogP contribution is 2.32. The average Bonchev–Trinajstić information content (AvgIpc) is 2.96. The zero-order chi connectivity index (χ0) is 16.4. The number of benzene rings is 1. The molecule has 2 aliphatic rings. The number of piperidine rings is 1. The molecule has 2 heterocycles. The molecule has 0 aliphatic carbocycles. The van der Waals surface area contributed by atoms with Crippen LogP contribution in [0, 0.1) is 5.41 Å². The molecule has 126 valence electrons. The standard InChI is InChI=1S/C17H25N3O3/c1-17(2)10-20(6-5-15(17)18)9-16(21)19-8-12-3-4-13-14(7-12)23-11-22-13/h3-4,7,15H,5-6,8-11,18H2,1-2H3,(H,19,21). The Bertz CT molecular complexity index is 588. The van der Waals surface area contributed by atoms with Gasteiger partial charge in [0.15, 0.2) is 11.5 Å². The molecule has 0 aromatic heterocycles. The summed E-state index contributed by atoms with van der Waals surface area (Å²) in [5.74, 6) is 1.53. The van der Waals surface area contributed by atoms with Crippen LogP contribution in [0.2, 0.25) is 0 Å². The largest absolute Gasteiger partial charge is 0.454 e. The van der Waals surface area contributed by atoms with E-state index in [0.29, 0.717) is 13.1 Å². The van der Waals surface area contributed by atoms with Gasteiger partial charge in [0.1, 0.15) is 0 Å². The number of hydrogen-bond donors (Lipinski definition) is 2. The molecule has 1 atom stereocenters. The molecule has 1 fully saturated rings. The zero-order valence-electron chi connectivity index (χ0n) is 13.8. The fourth-order valence-electron chi connectivity index (χ4n) is 3.13. The van der Waals surface area contributed by atoms with Crippen molar-refractivity contribution in [2.45, 2.75) is 32.9 Å². The first-order valence-corrected chi connectivity index (χ1v) is 8.07. The van der Waals surface area contributed by atoms with Crippen molar-refractivity contribution >= 4 is 5.91 Å². The van der Waals surface area contributed by atoms with Crippen molar-refractivity contribution in [3.8, 4) is 11.5 Å². The van der Waals surface area contributed by atoms with Crippen LogP contribution in [0.1, 0.15) is 25.8 Å². The lowest BCUT2D eigenvalue weighted by Gasteiger charge is -2.42. The first-order chi connectivity index (χ1) is 10.9. The van der Waals surface area contributed by atoms with Crippen molar-refractivity contribution in [1.82, 2.24) is 10.2 Å². The van der Waals surface area contributed by atoms with Gasteiger partial charge in [-0.25, -0.2) is 0 Å². The van der Waals surface area contributed by atoms with E-state index < -0.39 is 0 Å². The van der Waals surface area contributed by atoms with Gasteiger partial charge in [-0.1, -0.05) is 19.9 Å². The zero-order valence-corrected chi connectivity index (χ0v) is 13.8. The van der Waals surface area contributed by atoms with Crippen LogP contribution < -0.4 is 20.5 Å². The summed E-state index contributed by atoms with van der Waals surface area (Å²) in [6.45, 7) is 7.22. The van der Waals surface area contributed by atoms with Gasteiger partial charge in [-0.15, -0.1) is 0 Å². The third-order valence-electron chi connectivity index (χ3n) is 4.69. The van der Waals surface area contributed by atoms with Crippen LogP contribution in [0.15, 0.2) is 18.2 Å². The molecule has 23 heavy (non-hydrogen) atoms. The number of carbonyl (C=O) groups is 1. The van der Waals surface area contributed by atoms with Crippen molar-refractivity contribution < 1.29 is 14.3 Å². The Labute approximate surface area is 136 Å². The molecule has 3 rings (SSSR count). The Hall–Kier alpha value is -1.79. The molecule has 0 bridgehead atoms. The smallest absolute Gasteiger partial charge is 0.234 e. The predicted octanol–water partition coefficient (Wildman–Crippen LogP) is 1.09. The Morgan fingerprint density at radius 1 is 1.39 bits per heavy atom. The number of likely N-dealkylation sites (tertiary alicyclic amines) is 1. The molecule has 1 saturated heterocycles. The van der Waals surface area contributed by atoms with Crippen LogP contribution in [0.3, 0.4) is 0 Å². The van der Waals surface area contributed by atoms with E-state index in [1.54, 1.807) is 0 Å². The second-order valence-corrected chi connectivity index (χ2v) is 7.06. The van der Waals surface area contributed by atoms with Crippen LogP contribution in [-0.4, -0.2) is 43.3 Å². The van der Waals surface area contributed by atoms with E-state index in [4.69, 9.17) is 15.2 Å². The fourth-order valence-corrected chi connectivity index (χ4v) is 3.13. The van der Waals surface area contributed by atoms with Crippen molar-refractivity contribution in [2.75, 3.05) is 26.4 Å². The number of ether oxygens (including phenoxy) is 2. The molecule has 1 unspecified atom stereocenters. The molecule has 3 N–H and O–H groups in total. The first-order valence-electron chi connectivity index (χ1n) is 8.07. The molecule has 0 spiro atoms. The minimum atomic E-state index is 0.0361. The van der Waals surface area contributed by atoms with Crippen LogP contribution in [0.25, 0.3) is 0 Å². The minimum Gasteiger partial charge on any atom is -0.454 e. The van der Waals surface area contributed by atoms with Gasteiger partial charge in [-0.3, -0.25) is 9.69 Å². The Kier molecular flexibility index (Phi) is 4.46. The molecule has 6 heteroatoms. The lowest BCUT2D eigenvalue weighted by molar-refractivity contribution is -0.123. The van der Waals surface area contributed by atoms with Crippen molar-refractivity contribution in [1.29, 1.82) is 0 Å². The third kappa shape index (κ3) is 3.76. The van der Waals surface area contributed by atoms with E-state index in [9.17, 15) is 4.79 Å². The number of nitrogens with one attached hydrogen (secondary N) is 1. The van der Waals surface area contributed by atoms with E-state index in [2.05, 4.69) is 24.1 Å². The highest BCUT2D eigenvalue weighted by Gasteiger charge is 2.33. The Morgan fingerprint density at radius 2 is 2.17 bits per heavy atom. The van der Waals surface area contributed by atoms with Gasteiger partial charge in [0.25, 0.3) is 0 Å². The molecule has 2 aliphatic heterocycles. The summed E-state index contributed by atoms with van der Waals surface area (Å²) in [4.78, 5) is 14.3. The van der Waals surface area contributed by atoms with Crippen molar-refractivity contribution in [2.24, 2.45) is 11.1 Å². The second-order valence-electron chi connectivity index (χ2n) is 7.06. The summed E-state index contributed by atoms with van der Waals surface area (Å²) in [6, 6.07) is 5.93. The highest BCUT2D eigenvalue weighted by atomic mass is 16.7. The Morgan fingerprint density at radius 3 is 2.96 bits per heavy atom. The molecule has 1 aromatic carbocycles. The monoisotopic (exact) mass is 319 g/mol. The van der Waals surface area contributed by atoms with Crippen molar-refractivity contribution in [3.63, 3.8) is 0 Å². The third-order valence-corrected chi connectivity index (χ3v) is 4.69. The molecular weight excluding hydrogens is 294 g/mol. The van der Waals surface area contributed by atoms with Crippen LogP contribution in [-0.2, 0) is 11.3 Å². The van der Waals surface area contributed by atoms with Gasteiger partial charge in [0.2, 0.25) is 12.7 Å². The van der Waals surface area contributed by atoms with E-state index in [0.717, 1.165) is 36.6 Å². The molecule has 0 radical (unpaired) electrons. The number of rotatable bonds is 4. The van der Waals surface area contributed by atoms with Gasteiger partial charge in [0.05, 0.1) is 6.54 Å². The summed E-state index contributed by atoms with van der Waals surface area (Å²) in [7, 11) is 0. The molecular formula is C17H25N3O3. The van der Waals surface area contributed by atoms with Crippen LogP contribution >= 0.6 is 0 Å². The highest BCUT2D eigenvalue weighted by molar-refractivity contribution is 5.78. The number of carbonyl (C=O) groups excluding carboxylic acids is 1. The summed E-state index contributed by atoms with van der Waals surface area (Å²) in [6.07, 6.45) is 0.933. The summed E-state index contributed by atoms with van der Waals surface area (Å²) in [5, 5.41) is 2.97. The van der Waals surface area contributed by atoms with E-state index in [-0.39, 0.29) is 24.2 Å². The molecule has 6 nitrogen and oxygen atoms in total. The molecule has 0 saturated carbocycles. The van der Waals surface area contributed by atoms with E-state index in [1.165, 1.54) is 0 Å². The maximum atomic E-state index is 12.2. The molecule has 1 aromatic rings. The summed E-state index contributed by atoms with van der Waals surface area (Å²) < 4.78 is 10.6. The molecule has 1 amide bonds. The lowest BCUT2D eigenvalue weighted by Crippen LogP contribution is -2.54. The second kappa shape index (κ2) is 6.37. The topological polar surface area (TPSA) is 76.8 Å². The average molecular weight is 319 g/mol. The number of hydrogen-bond acceptors (Lipinski definition) is 5. The van der Waals surface area contributed by atoms with Gasteiger partial charge in [-0.05, 0) is 29.5 Å². The maximum absolute atomic E-state index is 12.2. The van der Waals surface area contributed by atoms with Gasteiger partial charge in [-0.2, -0.15) is 0 Å². The fraction of sp³-hybridized carbons (Fsp3) is 0.588. The van der Waals surface area contributed by atoms with Crippen LogP contribution in [0.5, 0.6) is 11.5 Å². The normalized spacial score (nSPS) is 22.8. The number of nitrogens with zero attached hydrogens (tertiary/aromatic N) is 1. The minimum absolute atomic E-state index is 0.0361. The number of amides is 1. The predicted molar refractivity (Wildman–Crippen MR) is 87.2 cm³/mol. The van der Waals surface area contributed by atoms with Gasteiger partial charge < -0.3 is 20.5 Å². The summed E-state index contributed by atoms with van der Waals surface area (Å²) in [5.41, 5.74) is 7.19. The van der Waals surface area contributed by atoms with Gasteiger partial charge >= 0.3 is 0 Å². The van der Waals surface area contributed by atoms with E-state index in [1.807, 2.05) is 18.2 Å². The summed E-state index contributed by atoms with van der Waals surface area (Å²) >= 11 is 0. The maximum Gasteiger partial charge on any atom is 0.234 e. The quantitative estimate of drug-likeness (QED) is 0.869. The van der Waals surface area contributed by atoms with Gasteiger partial charge in [0, 0.05) is 25.7 Å². The SMILES string of the molecule is CC1(C)CN(CC(=O)NCc2ccc3c(c2)OCO3)CCC1N.